The zero-order valence-corrected chi connectivity index (χ0v) is 19.6. The van der Waals surface area contributed by atoms with Crippen molar-refractivity contribution in [3.05, 3.63) is 77.0 Å². The number of hydrogen-bond acceptors (Lipinski definition) is 6. The largest absolute Gasteiger partial charge is 0.507 e. The highest BCUT2D eigenvalue weighted by atomic mass is 16.5. The molecule has 4 aromatic rings. The Morgan fingerprint density at radius 3 is 2.18 bits per heavy atom. The van der Waals surface area contributed by atoms with Crippen LogP contribution in [0.2, 0.25) is 0 Å². The summed E-state index contributed by atoms with van der Waals surface area (Å²) in [5, 5.41) is 10.7. The van der Waals surface area contributed by atoms with Crippen LogP contribution in [0.1, 0.15) is 38.8 Å². The molecule has 0 unspecified atom stereocenters. The summed E-state index contributed by atoms with van der Waals surface area (Å²) in [4.78, 5) is 26.3. The highest BCUT2D eigenvalue weighted by molar-refractivity contribution is 6.15. The summed E-state index contributed by atoms with van der Waals surface area (Å²) in [7, 11) is 4.21. The average molecular weight is 459 g/mol. The minimum Gasteiger partial charge on any atom is -0.507 e. The lowest BCUT2D eigenvalue weighted by atomic mass is 9.99. The zero-order valence-electron chi connectivity index (χ0n) is 19.6. The molecule has 0 atom stereocenters. The first-order chi connectivity index (χ1) is 16.3. The molecule has 0 saturated heterocycles. The van der Waals surface area contributed by atoms with Gasteiger partial charge >= 0.3 is 0 Å². The van der Waals surface area contributed by atoms with Gasteiger partial charge < -0.3 is 23.7 Å². The molecule has 0 radical (unpaired) electrons. The van der Waals surface area contributed by atoms with E-state index in [4.69, 9.17) is 14.2 Å². The van der Waals surface area contributed by atoms with Crippen LogP contribution < -0.4 is 14.2 Å². The van der Waals surface area contributed by atoms with Gasteiger partial charge in [0.05, 0.1) is 32.5 Å². The van der Waals surface area contributed by atoms with Crippen LogP contribution in [-0.2, 0) is 0 Å². The Hall–Kier alpha value is -4.26. The van der Waals surface area contributed by atoms with E-state index < -0.39 is 5.78 Å². The smallest absolute Gasteiger partial charge is 0.204 e. The van der Waals surface area contributed by atoms with Crippen molar-refractivity contribution < 1.29 is 28.9 Å². The Labute approximate surface area is 197 Å². The van der Waals surface area contributed by atoms with E-state index in [0.717, 1.165) is 16.8 Å². The monoisotopic (exact) mass is 459 g/mol. The number of methoxy groups -OCH3 is 3. The lowest BCUT2D eigenvalue weighted by Gasteiger charge is -2.17. The van der Waals surface area contributed by atoms with Gasteiger partial charge in [0, 0.05) is 23.4 Å². The highest BCUT2D eigenvalue weighted by Gasteiger charge is 2.28. The fourth-order valence-electron chi connectivity index (χ4n) is 4.28. The molecule has 0 bridgehead atoms. The summed E-state index contributed by atoms with van der Waals surface area (Å²) in [6, 6.07) is 14.5. The van der Waals surface area contributed by atoms with Gasteiger partial charge in [-0.15, -0.1) is 0 Å². The van der Waals surface area contributed by atoms with Crippen LogP contribution in [0.5, 0.6) is 23.0 Å². The number of ketones is 2. The fraction of sp³-hybridized carbons (Fsp3) is 0.185. The van der Waals surface area contributed by atoms with Crippen molar-refractivity contribution in [2.45, 2.75) is 13.8 Å². The molecule has 2 heterocycles. The molecule has 7 heteroatoms. The summed E-state index contributed by atoms with van der Waals surface area (Å²) in [5.41, 5.74) is 4.01. The summed E-state index contributed by atoms with van der Waals surface area (Å²) >= 11 is 0. The van der Waals surface area contributed by atoms with Crippen molar-refractivity contribution in [1.29, 1.82) is 0 Å². The number of hydrogen-bond donors (Lipinski definition) is 1. The topological polar surface area (TPSA) is 86.5 Å². The maximum Gasteiger partial charge on any atom is 0.204 e. The molecule has 174 valence electrons. The fourth-order valence-corrected chi connectivity index (χ4v) is 4.28. The van der Waals surface area contributed by atoms with Crippen molar-refractivity contribution in [3.63, 3.8) is 0 Å². The molecule has 1 N–H and O–H groups in total. The number of nitrogens with zero attached hydrogens (tertiary/aromatic N) is 1. The van der Waals surface area contributed by atoms with Gasteiger partial charge in [-0.05, 0) is 37.1 Å². The molecule has 4 rings (SSSR count). The van der Waals surface area contributed by atoms with Gasteiger partial charge in [-0.25, -0.2) is 0 Å². The van der Waals surface area contributed by atoms with E-state index in [2.05, 4.69) is 0 Å². The quantitative estimate of drug-likeness (QED) is 0.388. The van der Waals surface area contributed by atoms with Gasteiger partial charge in [0.25, 0.3) is 0 Å². The van der Waals surface area contributed by atoms with E-state index in [9.17, 15) is 14.7 Å². The molecule has 0 spiro atoms. The van der Waals surface area contributed by atoms with Gasteiger partial charge in [-0.1, -0.05) is 30.3 Å². The molecule has 0 amide bonds. The Morgan fingerprint density at radius 1 is 0.912 bits per heavy atom. The van der Waals surface area contributed by atoms with Gasteiger partial charge in [0.15, 0.2) is 17.3 Å². The molecule has 2 aromatic carbocycles. The molecule has 34 heavy (non-hydrogen) atoms. The molecule has 0 aliphatic heterocycles. The van der Waals surface area contributed by atoms with E-state index in [-0.39, 0.29) is 39.9 Å². The summed E-state index contributed by atoms with van der Waals surface area (Å²) in [6.07, 6.45) is 1.68. The standard InChI is InChI=1S/C27H25NO6/c1-15-11-20-19(16(2)29)12-18(14-28(20)24(15)17-9-7-6-8-10-17)25(31)23-21(30)13-22(32-3)26(33-4)27(23)34-5/h6-14,30H,1-5H3. The molecule has 7 nitrogen and oxygen atoms in total. The third-order valence-corrected chi connectivity index (χ3v) is 5.80. The van der Waals surface area contributed by atoms with Crippen LogP contribution in [0.15, 0.2) is 54.7 Å². The first kappa shape index (κ1) is 22.9. The SMILES string of the molecule is COc1cc(O)c(C(=O)c2cc(C(C)=O)c3cc(C)c(-c4ccccc4)n3c2)c(OC)c1OC. The lowest BCUT2D eigenvalue weighted by Crippen LogP contribution is -2.10. The second-order valence-corrected chi connectivity index (χ2v) is 7.86. The van der Waals surface area contributed by atoms with Crippen molar-refractivity contribution in [3.8, 4) is 34.3 Å². The van der Waals surface area contributed by atoms with Crippen molar-refractivity contribution in [1.82, 2.24) is 4.40 Å². The molecular weight excluding hydrogens is 434 g/mol. The van der Waals surface area contributed by atoms with Gasteiger partial charge in [-0.2, -0.15) is 0 Å². The number of phenolic OH excluding ortho intramolecular Hbond substituents is 1. The van der Waals surface area contributed by atoms with Crippen LogP contribution in [0.25, 0.3) is 16.8 Å². The van der Waals surface area contributed by atoms with Crippen LogP contribution in [0.3, 0.4) is 0 Å². The number of pyridine rings is 1. The Bertz CT molecular complexity index is 1420. The zero-order chi connectivity index (χ0) is 24.6. The molecule has 0 saturated carbocycles. The molecule has 0 aliphatic carbocycles. The van der Waals surface area contributed by atoms with Crippen LogP contribution in [0.4, 0.5) is 0 Å². The van der Waals surface area contributed by atoms with E-state index in [1.165, 1.54) is 34.3 Å². The Morgan fingerprint density at radius 2 is 1.59 bits per heavy atom. The first-order valence-electron chi connectivity index (χ1n) is 10.6. The van der Waals surface area contributed by atoms with Crippen molar-refractivity contribution in [2.24, 2.45) is 0 Å². The Balaban J connectivity index is 2.01. The van der Waals surface area contributed by atoms with E-state index >= 15 is 0 Å². The number of aromatic nitrogens is 1. The number of phenols is 1. The minimum absolute atomic E-state index is 0.0424. The minimum atomic E-state index is -0.523. The van der Waals surface area contributed by atoms with Crippen molar-refractivity contribution >= 4 is 17.1 Å². The second-order valence-electron chi connectivity index (χ2n) is 7.86. The number of Topliss-reactive ketones (excluding diaryl/α,β-unsaturated/α-hetero) is 1. The molecule has 0 aliphatic rings. The third-order valence-electron chi connectivity index (χ3n) is 5.80. The number of carbonyl (C=O) groups is 2. The number of aryl methyl sites for hydroxylation is 1. The number of ether oxygens (including phenoxy) is 3. The predicted molar refractivity (Wildman–Crippen MR) is 129 cm³/mol. The van der Waals surface area contributed by atoms with Crippen LogP contribution >= 0.6 is 0 Å². The Kier molecular flexibility index (Phi) is 6.03. The van der Waals surface area contributed by atoms with E-state index in [0.29, 0.717) is 11.1 Å². The van der Waals surface area contributed by atoms with Crippen LogP contribution in [0, 0.1) is 6.92 Å². The summed E-state index contributed by atoms with van der Waals surface area (Å²) in [5.74, 6) is -0.580. The van der Waals surface area contributed by atoms with E-state index in [1.807, 2.05) is 47.7 Å². The number of carbonyl (C=O) groups excluding carboxylic acids is 2. The van der Waals surface area contributed by atoms with Crippen molar-refractivity contribution in [2.75, 3.05) is 21.3 Å². The predicted octanol–water partition coefficient (Wildman–Crippen LogP) is 5.08. The summed E-state index contributed by atoms with van der Waals surface area (Å²) < 4.78 is 17.9. The maximum absolute atomic E-state index is 13.7. The normalized spacial score (nSPS) is 10.9. The number of benzene rings is 2. The third kappa shape index (κ3) is 3.65. The number of aromatic hydroxyl groups is 1. The van der Waals surface area contributed by atoms with Gasteiger partial charge in [-0.3, -0.25) is 9.59 Å². The molecular formula is C27H25NO6. The first-order valence-corrected chi connectivity index (χ1v) is 10.6. The maximum atomic E-state index is 13.7. The van der Waals surface area contributed by atoms with E-state index in [1.54, 1.807) is 12.3 Å². The number of fused-ring (bicyclic) bond motifs is 1. The summed E-state index contributed by atoms with van der Waals surface area (Å²) in [6.45, 7) is 3.42. The lowest BCUT2D eigenvalue weighted by molar-refractivity contribution is 0.101. The molecule has 2 aromatic heterocycles. The van der Waals surface area contributed by atoms with Gasteiger partial charge in [0.1, 0.15) is 11.3 Å². The average Bonchev–Trinajstić information content (AvgIpc) is 3.17. The highest BCUT2D eigenvalue weighted by Crippen LogP contribution is 2.45. The second kappa shape index (κ2) is 8.94. The number of rotatable bonds is 7. The molecule has 0 fully saturated rings. The van der Waals surface area contributed by atoms with Crippen LogP contribution in [-0.4, -0.2) is 42.4 Å². The van der Waals surface area contributed by atoms with Gasteiger partial charge in [0.2, 0.25) is 11.5 Å².